The van der Waals surface area contributed by atoms with Crippen LogP contribution in [0.4, 0.5) is 0 Å². The lowest BCUT2D eigenvalue weighted by molar-refractivity contribution is 1.02. The Morgan fingerprint density at radius 1 is 0.275 bits per heavy atom. The summed E-state index contributed by atoms with van der Waals surface area (Å²) in [5.41, 5.74) is 11.0. The quantitative estimate of drug-likeness (QED) is 0.177. The van der Waals surface area contributed by atoms with Crippen LogP contribution in [0, 0.1) is 22.7 Å². The zero-order valence-corrected chi connectivity index (χ0v) is 37.5. The van der Waals surface area contributed by atoms with Gasteiger partial charge in [0.1, 0.15) is 23.3 Å². The summed E-state index contributed by atoms with van der Waals surface area (Å²) in [5, 5.41) is 35.6. The standard InChI is InChI=1S/C62H34N6S/c63-35-47-57(65-49-25-9-1-17-37(49)38-18-2-10-26-50(38)65)48(36-64)59(67-53-29-13-5-21-41(53)42-22-6-14-30-54(42)67)61(58(47)66-51-27-11-3-19-39(51)40-20-4-12-28-52(40)66)68-55-31-15-7-23-43(55)45-33-34-46-44-24-8-16-32-56(44)69-62(46)60(45)68/h1-34H. The topological polar surface area (TPSA) is 67.3 Å². The molecule has 0 bridgehead atoms. The van der Waals surface area contributed by atoms with Gasteiger partial charge in [0.15, 0.2) is 0 Å². The second kappa shape index (κ2) is 14.1. The monoisotopic (exact) mass is 894 g/mol. The molecule has 5 heterocycles. The predicted molar refractivity (Wildman–Crippen MR) is 286 cm³/mol. The van der Waals surface area contributed by atoms with Crippen LogP contribution < -0.4 is 0 Å². The molecule has 0 radical (unpaired) electrons. The number of nitriles is 2. The molecule has 0 fully saturated rings. The summed E-state index contributed by atoms with van der Waals surface area (Å²) < 4.78 is 11.5. The lowest BCUT2D eigenvalue weighted by atomic mass is 9.98. The van der Waals surface area contributed by atoms with E-state index in [1.165, 1.54) is 10.1 Å². The summed E-state index contributed by atoms with van der Waals surface area (Å²) in [7, 11) is 0. The maximum Gasteiger partial charge on any atom is 0.104 e. The van der Waals surface area contributed by atoms with Crippen LogP contribution in [0.25, 0.3) is 130 Å². The first-order chi connectivity index (χ1) is 34.2. The molecule has 0 aliphatic rings. The lowest BCUT2D eigenvalue weighted by Gasteiger charge is -2.27. The maximum atomic E-state index is 12.4. The van der Waals surface area contributed by atoms with Crippen LogP contribution in [0.5, 0.6) is 0 Å². The van der Waals surface area contributed by atoms with Gasteiger partial charge in [-0.3, -0.25) is 0 Å². The van der Waals surface area contributed by atoms with Crippen molar-refractivity contribution in [2.24, 2.45) is 0 Å². The smallest absolute Gasteiger partial charge is 0.104 e. The van der Waals surface area contributed by atoms with E-state index in [1.807, 2.05) is 12.1 Å². The second-order valence-electron chi connectivity index (χ2n) is 17.8. The van der Waals surface area contributed by atoms with Crippen molar-refractivity contribution in [2.45, 2.75) is 0 Å². The van der Waals surface area contributed by atoms with Crippen LogP contribution in [0.1, 0.15) is 11.1 Å². The molecular weight excluding hydrogens is 861 g/mol. The van der Waals surface area contributed by atoms with Gasteiger partial charge in [-0.15, -0.1) is 11.3 Å². The van der Waals surface area contributed by atoms with Crippen LogP contribution in [-0.4, -0.2) is 18.3 Å². The fourth-order valence-electron chi connectivity index (χ4n) is 11.7. The van der Waals surface area contributed by atoms with Crippen molar-refractivity contribution in [3.05, 3.63) is 217 Å². The Hall–Kier alpha value is -9.40. The molecule has 15 aromatic rings. The van der Waals surface area contributed by atoms with Gasteiger partial charge in [0.25, 0.3) is 0 Å². The molecule has 7 heteroatoms. The van der Waals surface area contributed by atoms with Gasteiger partial charge in [0.05, 0.1) is 71.6 Å². The van der Waals surface area contributed by atoms with E-state index < -0.39 is 0 Å². The van der Waals surface area contributed by atoms with E-state index in [4.69, 9.17) is 0 Å². The lowest BCUT2D eigenvalue weighted by Crippen LogP contribution is -2.17. The van der Waals surface area contributed by atoms with Crippen molar-refractivity contribution in [3.63, 3.8) is 0 Å². The minimum atomic E-state index is 0.388. The molecule has 0 amide bonds. The first-order valence-electron chi connectivity index (χ1n) is 23.1. The molecule has 10 aromatic carbocycles. The highest BCUT2D eigenvalue weighted by Gasteiger charge is 2.35. The van der Waals surface area contributed by atoms with Gasteiger partial charge in [0, 0.05) is 58.6 Å². The van der Waals surface area contributed by atoms with Crippen molar-refractivity contribution >= 4 is 119 Å². The molecule has 5 aromatic heterocycles. The van der Waals surface area contributed by atoms with Gasteiger partial charge >= 0.3 is 0 Å². The Bertz CT molecular complexity index is 4510. The van der Waals surface area contributed by atoms with E-state index in [-0.39, 0.29) is 0 Å². The highest BCUT2D eigenvalue weighted by Crippen LogP contribution is 2.50. The number of thiophene rings is 1. The molecule has 0 unspecified atom stereocenters. The highest BCUT2D eigenvalue weighted by molar-refractivity contribution is 7.26. The average molecular weight is 895 g/mol. The van der Waals surface area contributed by atoms with Crippen LogP contribution in [0.15, 0.2) is 206 Å². The normalized spacial score (nSPS) is 12.0. The third kappa shape index (κ3) is 4.91. The molecule has 0 spiro atoms. The summed E-state index contributed by atoms with van der Waals surface area (Å²) in [4.78, 5) is 0. The molecule has 318 valence electrons. The van der Waals surface area contributed by atoms with E-state index >= 15 is 0 Å². The molecule has 0 aliphatic heterocycles. The first-order valence-corrected chi connectivity index (χ1v) is 23.9. The van der Waals surface area contributed by atoms with Crippen molar-refractivity contribution in [2.75, 3.05) is 0 Å². The van der Waals surface area contributed by atoms with Crippen molar-refractivity contribution in [1.29, 1.82) is 10.5 Å². The van der Waals surface area contributed by atoms with Gasteiger partial charge in [-0.2, -0.15) is 10.5 Å². The highest BCUT2D eigenvalue weighted by atomic mass is 32.1. The Balaban J connectivity index is 1.31. The molecule has 0 atom stereocenters. The Labute approximate surface area is 397 Å². The molecule has 15 rings (SSSR count). The molecule has 0 saturated carbocycles. The fraction of sp³-hybridized carbons (Fsp3) is 0. The summed E-state index contributed by atoms with van der Waals surface area (Å²) >= 11 is 1.79. The van der Waals surface area contributed by atoms with E-state index in [0.29, 0.717) is 28.2 Å². The first kappa shape index (κ1) is 37.8. The molecule has 6 nitrogen and oxygen atoms in total. The number of aromatic nitrogens is 4. The van der Waals surface area contributed by atoms with E-state index in [9.17, 15) is 10.5 Å². The van der Waals surface area contributed by atoms with E-state index in [1.54, 1.807) is 11.3 Å². The summed E-state index contributed by atoms with van der Waals surface area (Å²) in [6.45, 7) is 0. The van der Waals surface area contributed by atoms with Crippen LogP contribution in [0.2, 0.25) is 0 Å². The van der Waals surface area contributed by atoms with E-state index in [0.717, 1.165) is 103 Å². The molecule has 0 N–H and O–H groups in total. The molecule has 0 saturated heterocycles. The number of nitrogens with zero attached hydrogens (tertiary/aromatic N) is 6. The Morgan fingerprint density at radius 2 is 0.580 bits per heavy atom. The Morgan fingerprint density at radius 3 is 0.971 bits per heavy atom. The molecular formula is C62H34N6S. The van der Waals surface area contributed by atoms with Crippen molar-refractivity contribution in [3.8, 4) is 34.9 Å². The van der Waals surface area contributed by atoms with Crippen molar-refractivity contribution in [1.82, 2.24) is 18.3 Å². The summed E-state index contributed by atoms with van der Waals surface area (Å²) in [6, 6.07) is 78.2. The van der Waals surface area contributed by atoms with E-state index in [2.05, 4.69) is 225 Å². The van der Waals surface area contributed by atoms with Crippen LogP contribution in [-0.2, 0) is 0 Å². The number of benzene rings is 10. The Kier molecular flexibility index (Phi) is 7.70. The predicted octanol–water partition coefficient (Wildman–Crippen LogP) is 16.2. The largest absolute Gasteiger partial charge is 0.306 e. The number of rotatable bonds is 4. The maximum absolute atomic E-state index is 12.4. The van der Waals surface area contributed by atoms with Gasteiger partial charge in [-0.25, -0.2) is 0 Å². The van der Waals surface area contributed by atoms with Gasteiger partial charge in [-0.05, 0) is 48.5 Å². The zero-order valence-electron chi connectivity index (χ0n) is 36.7. The molecule has 0 aliphatic carbocycles. The van der Waals surface area contributed by atoms with Crippen LogP contribution in [0.3, 0.4) is 0 Å². The summed E-state index contributed by atoms with van der Waals surface area (Å²) in [6.07, 6.45) is 0. The average Bonchev–Trinajstić information content (AvgIpc) is 4.21. The van der Waals surface area contributed by atoms with Crippen molar-refractivity contribution < 1.29 is 0 Å². The van der Waals surface area contributed by atoms with Crippen LogP contribution >= 0.6 is 11.3 Å². The van der Waals surface area contributed by atoms with Gasteiger partial charge in [-0.1, -0.05) is 158 Å². The third-order valence-corrected chi connectivity index (χ3v) is 15.6. The number of hydrogen-bond acceptors (Lipinski definition) is 3. The summed E-state index contributed by atoms with van der Waals surface area (Å²) in [5.74, 6) is 0. The zero-order chi connectivity index (χ0) is 45.5. The van der Waals surface area contributed by atoms with Gasteiger partial charge < -0.3 is 18.3 Å². The third-order valence-electron chi connectivity index (χ3n) is 14.4. The number of hydrogen-bond donors (Lipinski definition) is 0. The fourth-order valence-corrected chi connectivity index (χ4v) is 13.0. The second-order valence-corrected chi connectivity index (χ2v) is 18.8. The number of para-hydroxylation sites is 7. The number of fused-ring (bicyclic) bond motifs is 16. The van der Waals surface area contributed by atoms with Gasteiger partial charge in [0.2, 0.25) is 0 Å². The minimum Gasteiger partial charge on any atom is -0.306 e. The molecule has 69 heavy (non-hydrogen) atoms. The SMILES string of the molecule is N#Cc1c(-n2c3ccccc3c3ccccc32)c(C#N)c(-n2c3ccccc3c3ccccc32)c(-n2c3ccccc3c3ccc4c5ccccc5sc4c32)c1-n1c2ccccc2c2ccccc21. The minimum absolute atomic E-state index is 0.388.